The van der Waals surface area contributed by atoms with E-state index in [1.807, 2.05) is 4.90 Å². The molecule has 0 unspecified atom stereocenters. The number of carbonyl (C=O) groups is 2. The van der Waals surface area contributed by atoms with Crippen molar-refractivity contribution in [1.29, 1.82) is 0 Å². The van der Waals surface area contributed by atoms with Gasteiger partial charge in [0.25, 0.3) is 5.82 Å². The Kier molecular flexibility index (Phi) is 4.32. The first kappa shape index (κ1) is 16.2. The van der Waals surface area contributed by atoms with Crippen LogP contribution in [0.15, 0.2) is 18.3 Å². The zero-order chi connectivity index (χ0) is 17.3. The van der Waals surface area contributed by atoms with Gasteiger partial charge in [-0.25, -0.2) is 4.98 Å². The molecule has 2 atom stereocenters. The number of carbonyl (C=O) groups excluding carboxylic acids is 2. The van der Waals surface area contributed by atoms with E-state index in [0.29, 0.717) is 39.0 Å². The topological polar surface area (TPSA) is 121 Å². The fourth-order valence-electron chi connectivity index (χ4n) is 3.20. The number of hydrogen-bond acceptors (Lipinski definition) is 6. The Morgan fingerprint density at radius 3 is 2.25 bits per heavy atom. The summed E-state index contributed by atoms with van der Waals surface area (Å²) in [5.41, 5.74) is -0.00845. The van der Waals surface area contributed by atoms with Gasteiger partial charge in [0.05, 0.1) is 18.0 Å². The molecule has 1 saturated heterocycles. The number of nitro groups is 1. The number of nitrogens with one attached hydrogen (secondary N) is 1. The monoisotopic (exact) mass is 334 g/mol. The maximum atomic E-state index is 12.4. The van der Waals surface area contributed by atoms with Gasteiger partial charge in [-0.05, 0) is 12.8 Å². The van der Waals surface area contributed by atoms with Crippen molar-refractivity contribution in [3.8, 4) is 0 Å². The van der Waals surface area contributed by atoms with Gasteiger partial charge in [-0.15, -0.1) is 0 Å². The number of rotatable bonds is 4. The quantitative estimate of drug-likeness (QED) is 0.505. The van der Waals surface area contributed by atoms with E-state index in [-0.39, 0.29) is 11.6 Å². The SMILES string of the molecule is O=C([O-])[C@H]1CC[C@@H]1C(=O)N1CCN(c2ccc([N+](=O)[O-])c[nH+]2)CC1. The molecule has 9 heteroatoms. The number of H-pyrrole nitrogens is 1. The summed E-state index contributed by atoms with van der Waals surface area (Å²) in [7, 11) is 0. The van der Waals surface area contributed by atoms with Crippen LogP contribution in [0, 0.1) is 22.0 Å². The summed E-state index contributed by atoms with van der Waals surface area (Å²) in [6.45, 7) is 2.17. The first-order chi connectivity index (χ1) is 11.5. The zero-order valence-corrected chi connectivity index (χ0v) is 13.0. The first-order valence-corrected chi connectivity index (χ1v) is 7.88. The highest BCUT2D eigenvalue weighted by molar-refractivity contribution is 5.86. The highest BCUT2D eigenvalue weighted by atomic mass is 16.6. The van der Waals surface area contributed by atoms with Crippen LogP contribution < -0.4 is 15.0 Å². The van der Waals surface area contributed by atoms with Crippen molar-refractivity contribution in [1.82, 2.24) is 4.90 Å². The summed E-state index contributed by atoms with van der Waals surface area (Å²) >= 11 is 0. The van der Waals surface area contributed by atoms with Crippen LogP contribution in [0.5, 0.6) is 0 Å². The normalized spacial score (nSPS) is 23.5. The molecule has 1 aromatic heterocycles. The molecule has 1 aliphatic carbocycles. The molecule has 1 N–H and O–H groups in total. The summed E-state index contributed by atoms with van der Waals surface area (Å²) in [6.07, 6.45) is 2.45. The Morgan fingerprint density at radius 1 is 1.12 bits per heavy atom. The third kappa shape index (κ3) is 3.01. The predicted molar refractivity (Wildman–Crippen MR) is 79.7 cm³/mol. The second-order valence-electron chi connectivity index (χ2n) is 6.11. The van der Waals surface area contributed by atoms with Gasteiger partial charge in [0.1, 0.15) is 13.1 Å². The number of anilines is 1. The standard InChI is InChI=1S/C15H18N4O5/c20-14(11-2-3-12(11)15(21)22)18-7-5-17(6-8-18)13-4-1-10(9-16-13)19(23)24/h1,4,9,11-12H,2-3,5-8H2,(H,21,22)/t11-,12-/m0/s1. The smallest absolute Gasteiger partial charge is 0.308 e. The lowest BCUT2D eigenvalue weighted by atomic mass is 9.73. The van der Waals surface area contributed by atoms with Crippen molar-refractivity contribution in [2.24, 2.45) is 11.8 Å². The molecule has 3 rings (SSSR count). The number of pyridine rings is 1. The van der Waals surface area contributed by atoms with E-state index in [0.717, 1.165) is 5.82 Å². The summed E-state index contributed by atoms with van der Waals surface area (Å²) < 4.78 is 0. The molecule has 1 aliphatic heterocycles. The Morgan fingerprint density at radius 2 is 1.79 bits per heavy atom. The van der Waals surface area contributed by atoms with Gasteiger partial charge < -0.3 is 14.8 Å². The molecule has 9 nitrogen and oxygen atoms in total. The average Bonchev–Trinajstić information content (AvgIpc) is 2.53. The molecule has 0 aromatic carbocycles. The number of aliphatic carboxylic acids is 1. The van der Waals surface area contributed by atoms with E-state index in [1.165, 1.54) is 12.3 Å². The van der Waals surface area contributed by atoms with Crippen LogP contribution >= 0.6 is 0 Å². The lowest BCUT2D eigenvalue weighted by Gasteiger charge is -2.40. The minimum atomic E-state index is -1.14. The van der Waals surface area contributed by atoms with Gasteiger partial charge in [0.15, 0.2) is 6.20 Å². The van der Waals surface area contributed by atoms with Crippen molar-refractivity contribution in [3.05, 3.63) is 28.4 Å². The maximum absolute atomic E-state index is 12.4. The summed E-state index contributed by atoms with van der Waals surface area (Å²) in [5.74, 6) is -1.60. The number of aromatic amines is 1. The molecule has 0 bridgehead atoms. The molecule has 128 valence electrons. The third-order valence-electron chi connectivity index (χ3n) is 4.82. The van der Waals surface area contributed by atoms with Crippen LogP contribution in [0.25, 0.3) is 0 Å². The minimum absolute atomic E-state index is 0.00845. The molecule has 0 spiro atoms. The number of nitrogens with zero attached hydrogens (tertiary/aromatic N) is 3. The van der Waals surface area contributed by atoms with E-state index in [9.17, 15) is 24.8 Å². The van der Waals surface area contributed by atoms with Crippen LogP contribution in [0.4, 0.5) is 11.5 Å². The first-order valence-electron chi connectivity index (χ1n) is 7.88. The molecular formula is C15H18N4O5. The number of carboxylic acids is 1. The van der Waals surface area contributed by atoms with Crippen LogP contribution in [-0.2, 0) is 9.59 Å². The second kappa shape index (κ2) is 6.42. The highest BCUT2D eigenvalue weighted by Gasteiger charge is 2.40. The largest absolute Gasteiger partial charge is 0.550 e. The van der Waals surface area contributed by atoms with Crippen LogP contribution in [-0.4, -0.2) is 47.9 Å². The predicted octanol–water partition coefficient (Wildman–Crippen LogP) is -1.17. The van der Waals surface area contributed by atoms with Gasteiger partial charge in [0, 0.05) is 29.9 Å². The molecule has 1 amide bonds. The molecule has 2 heterocycles. The highest BCUT2D eigenvalue weighted by Crippen LogP contribution is 2.35. The number of hydrogen-bond donors (Lipinski definition) is 0. The summed E-state index contributed by atoms with van der Waals surface area (Å²) in [5, 5.41) is 21.6. The fourth-order valence-corrected chi connectivity index (χ4v) is 3.20. The van der Waals surface area contributed by atoms with Gasteiger partial charge in [-0.1, -0.05) is 0 Å². The molecule has 1 saturated carbocycles. The molecule has 24 heavy (non-hydrogen) atoms. The van der Waals surface area contributed by atoms with Crippen LogP contribution in [0.2, 0.25) is 0 Å². The van der Waals surface area contributed by atoms with E-state index >= 15 is 0 Å². The Balaban J connectivity index is 1.56. The second-order valence-corrected chi connectivity index (χ2v) is 6.11. The van der Waals surface area contributed by atoms with Gasteiger partial charge in [-0.2, -0.15) is 0 Å². The van der Waals surface area contributed by atoms with E-state index in [1.54, 1.807) is 11.0 Å². The third-order valence-corrected chi connectivity index (χ3v) is 4.82. The Bertz CT molecular complexity index is 654. The van der Waals surface area contributed by atoms with Gasteiger partial charge in [-0.3, -0.25) is 19.8 Å². The fraction of sp³-hybridized carbons (Fsp3) is 0.533. The van der Waals surface area contributed by atoms with E-state index in [2.05, 4.69) is 4.98 Å². The molecule has 1 aromatic rings. The molecule has 2 fully saturated rings. The maximum Gasteiger partial charge on any atom is 0.308 e. The van der Waals surface area contributed by atoms with E-state index < -0.39 is 22.7 Å². The lowest BCUT2D eigenvalue weighted by molar-refractivity contribution is -0.414. The number of aromatic nitrogens is 1. The molecule has 0 radical (unpaired) electrons. The van der Waals surface area contributed by atoms with Crippen LogP contribution in [0.1, 0.15) is 12.8 Å². The lowest BCUT2D eigenvalue weighted by Crippen LogP contribution is -2.55. The van der Waals surface area contributed by atoms with Crippen molar-refractivity contribution in [2.45, 2.75) is 12.8 Å². The van der Waals surface area contributed by atoms with Gasteiger partial charge in [0.2, 0.25) is 5.91 Å². The Hall–Kier alpha value is -2.71. The molecule has 2 aliphatic rings. The summed E-state index contributed by atoms with van der Waals surface area (Å²) in [6, 6.07) is 3.08. The Labute approximate surface area is 138 Å². The van der Waals surface area contributed by atoms with Crippen molar-refractivity contribution >= 4 is 23.4 Å². The number of amides is 1. The minimum Gasteiger partial charge on any atom is -0.550 e. The van der Waals surface area contributed by atoms with Crippen molar-refractivity contribution in [3.63, 3.8) is 0 Å². The van der Waals surface area contributed by atoms with Crippen molar-refractivity contribution in [2.75, 3.05) is 31.1 Å². The average molecular weight is 334 g/mol. The number of piperazine rings is 1. The van der Waals surface area contributed by atoms with E-state index in [4.69, 9.17) is 0 Å². The number of carboxylic acid groups (broad SMARTS) is 1. The van der Waals surface area contributed by atoms with Crippen molar-refractivity contribution < 1.29 is 24.6 Å². The molecular weight excluding hydrogens is 316 g/mol. The van der Waals surface area contributed by atoms with Gasteiger partial charge >= 0.3 is 5.69 Å². The van der Waals surface area contributed by atoms with Crippen LogP contribution in [0.3, 0.4) is 0 Å². The summed E-state index contributed by atoms with van der Waals surface area (Å²) in [4.78, 5) is 40.1. The zero-order valence-electron chi connectivity index (χ0n) is 13.0.